The van der Waals surface area contributed by atoms with Crippen LogP contribution < -0.4 is 5.73 Å². The van der Waals surface area contributed by atoms with Gasteiger partial charge in [-0.15, -0.1) is 0 Å². The van der Waals surface area contributed by atoms with Crippen molar-refractivity contribution in [3.05, 3.63) is 11.1 Å². The van der Waals surface area contributed by atoms with E-state index in [2.05, 4.69) is 0 Å². The standard InChI is InChI=1S/C10H17N/c11-10-6-9(7-10)8-4-2-1-3-5-8/h10H,1-7,11H2. The molecule has 0 aromatic carbocycles. The molecule has 2 fully saturated rings. The van der Waals surface area contributed by atoms with E-state index in [4.69, 9.17) is 5.73 Å². The Morgan fingerprint density at radius 2 is 1.55 bits per heavy atom. The third kappa shape index (κ3) is 1.48. The van der Waals surface area contributed by atoms with Crippen molar-refractivity contribution in [3.63, 3.8) is 0 Å². The van der Waals surface area contributed by atoms with E-state index in [0.29, 0.717) is 6.04 Å². The molecule has 11 heavy (non-hydrogen) atoms. The van der Waals surface area contributed by atoms with Crippen LogP contribution in [0.25, 0.3) is 0 Å². The molecule has 0 radical (unpaired) electrons. The molecule has 0 heterocycles. The third-order valence-corrected chi connectivity index (χ3v) is 2.97. The molecule has 2 rings (SSSR count). The third-order valence-electron chi connectivity index (χ3n) is 2.97. The second-order valence-electron chi connectivity index (χ2n) is 3.94. The maximum atomic E-state index is 5.74. The molecule has 2 N–H and O–H groups in total. The van der Waals surface area contributed by atoms with Gasteiger partial charge in [-0.2, -0.15) is 0 Å². The minimum Gasteiger partial charge on any atom is -0.327 e. The lowest BCUT2D eigenvalue weighted by Crippen LogP contribution is -2.31. The molecule has 0 aromatic heterocycles. The molecule has 0 spiro atoms. The lowest BCUT2D eigenvalue weighted by atomic mass is 9.79. The van der Waals surface area contributed by atoms with E-state index in [-0.39, 0.29) is 0 Å². The van der Waals surface area contributed by atoms with Crippen molar-refractivity contribution in [1.29, 1.82) is 0 Å². The van der Waals surface area contributed by atoms with Crippen molar-refractivity contribution in [2.45, 2.75) is 51.0 Å². The Hall–Kier alpha value is -0.300. The van der Waals surface area contributed by atoms with Crippen LogP contribution in [0.4, 0.5) is 0 Å². The number of nitrogens with two attached hydrogens (primary N) is 1. The number of hydrogen-bond donors (Lipinski definition) is 1. The van der Waals surface area contributed by atoms with Crippen molar-refractivity contribution >= 4 is 0 Å². The summed E-state index contributed by atoms with van der Waals surface area (Å²) in [5, 5.41) is 0. The second-order valence-corrected chi connectivity index (χ2v) is 3.94. The van der Waals surface area contributed by atoms with Crippen molar-refractivity contribution in [3.8, 4) is 0 Å². The molecule has 0 aliphatic heterocycles. The smallest absolute Gasteiger partial charge is 0.0114 e. The van der Waals surface area contributed by atoms with E-state index in [1.807, 2.05) is 0 Å². The summed E-state index contributed by atoms with van der Waals surface area (Å²) in [5.41, 5.74) is 9.21. The Bertz CT molecular complexity index is 165. The van der Waals surface area contributed by atoms with Crippen LogP contribution in [0.1, 0.15) is 44.9 Å². The zero-order chi connectivity index (χ0) is 7.68. The molecule has 2 aliphatic rings. The first kappa shape index (κ1) is 7.35. The van der Waals surface area contributed by atoms with Crippen LogP contribution in [0.5, 0.6) is 0 Å². The average molecular weight is 151 g/mol. The van der Waals surface area contributed by atoms with Gasteiger partial charge >= 0.3 is 0 Å². The normalized spacial score (nSPS) is 31.9. The number of hydrogen-bond acceptors (Lipinski definition) is 1. The molecule has 0 aromatic rings. The van der Waals surface area contributed by atoms with Gasteiger partial charge in [-0.25, -0.2) is 0 Å². The van der Waals surface area contributed by atoms with Gasteiger partial charge in [0.2, 0.25) is 0 Å². The number of allylic oxidation sites excluding steroid dienone is 1. The summed E-state index contributed by atoms with van der Waals surface area (Å²) in [7, 11) is 0. The molecule has 0 amide bonds. The van der Waals surface area contributed by atoms with Crippen LogP contribution in [0, 0.1) is 0 Å². The van der Waals surface area contributed by atoms with E-state index in [9.17, 15) is 0 Å². The highest BCUT2D eigenvalue weighted by Gasteiger charge is 2.22. The lowest BCUT2D eigenvalue weighted by Gasteiger charge is -2.30. The van der Waals surface area contributed by atoms with Gasteiger partial charge in [0.05, 0.1) is 0 Å². The Morgan fingerprint density at radius 1 is 0.909 bits per heavy atom. The maximum absolute atomic E-state index is 5.74. The zero-order valence-electron chi connectivity index (χ0n) is 7.10. The van der Waals surface area contributed by atoms with E-state index in [0.717, 1.165) is 0 Å². The Labute approximate surface area is 68.7 Å². The lowest BCUT2D eigenvalue weighted by molar-refractivity contribution is 0.504. The SMILES string of the molecule is NC1CC(=C2CCCCC2)C1. The fraction of sp³-hybridized carbons (Fsp3) is 0.800. The molecule has 62 valence electrons. The van der Waals surface area contributed by atoms with Gasteiger partial charge in [-0.1, -0.05) is 17.6 Å². The van der Waals surface area contributed by atoms with Crippen LogP contribution in [0.3, 0.4) is 0 Å². The quantitative estimate of drug-likeness (QED) is 0.528. The Morgan fingerprint density at radius 3 is 2.09 bits per heavy atom. The van der Waals surface area contributed by atoms with Crippen molar-refractivity contribution < 1.29 is 0 Å². The van der Waals surface area contributed by atoms with Gasteiger partial charge in [0, 0.05) is 6.04 Å². The van der Waals surface area contributed by atoms with Gasteiger partial charge in [-0.3, -0.25) is 0 Å². The first-order valence-corrected chi connectivity index (χ1v) is 4.81. The topological polar surface area (TPSA) is 26.0 Å². The first-order valence-electron chi connectivity index (χ1n) is 4.81. The molecule has 0 saturated heterocycles. The van der Waals surface area contributed by atoms with Gasteiger partial charge in [0.25, 0.3) is 0 Å². The van der Waals surface area contributed by atoms with Crippen LogP contribution in [0.2, 0.25) is 0 Å². The van der Waals surface area contributed by atoms with Gasteiger partial charge in [-0.05, 0) is 38.5 Å². The predicted octanol–water partition coefficient (Wildman–Crippen LogP) is 2.37. The molecule has 1 heteroatoms. The average Bonchev–Trinajstić information content (AvgIpc) is 2.01. The Kier molecular flexibility index (Phi) is 1.99. The minimum atomic E-state index is 0.499. The monoisotopic (exact) mass is 151 g/mol. The minimum absolute atomic E-state index is 0.499. The highest BCUT2D eigenvalue weighted by molar-refractivity contribution is 5.24. The molecule has 0 bridgehead atoms. The number of rotatable bonds is 0. The molecule has 2 saturated carbocycles. The summed E-state index contributed by atoms with van der Waals surface area (Å²) in [4.78, 5) is 0. The summed E-state index contributed by atoms with van der Waals surface area (Å²) < 4.78 is 0. The second kappa shape index (κ2) is 2.98. The molecule has 0 atom stereocenters. The van der Waals surface area contributed by atoms with Crippen LogP contribution in [-0.2, 0) is 0 Å². The Balaban J connectivity index is 1.96. The predicted molar refractivity (Wildman–Crippen MR) is 47.3 cm³/mol. The summed E-state index contributed by atoms with van der Waals surface area (Å²) in [6, 6.07) is 0.499. The summed E-state index contributed by atoms with van der Waals surface area (Å²) in [6.45, 7) is 0. The first-order chi connectivity index (χ1) is 5.36. The van der Waals surface area contributed by atoms with Gasteiger partial charge < -0.3 is 5.73 Å². The summed E-state index contributed by atoms with van der Waals surface area (Å²) in [6.07, 6.45) is 9.46. The maximum Gasteiger partial charge on any atom is 0.0114 e. The van der Waals surface area contributed by atoms with Crippen LogP contribution in [-0.4, -0.2) is 6.04 Å². The highest BCUT2D eigenvalue weighted by atomic mass is 14.7. The largest absolute Gasteiger partial charge is 0.327 e. The molecular formula is C10H17N. The van der Waals surface area contributed by atoms with E-state index < -0.39 is 0 Å². The highest BCUT2D eigenvalue weighted by Crippen LogP contribution is 2.35. The van der Waals surface area contributed by atoms with Gasteiger partial charge in [0.1, 0.15) is 0 Å². The van der Waals surface area contributed by atoms with Crippen molar-refractivity contribution in [2.24, 2.45) is 5.73 Å². The zero-order valence-corrected chi connectivity index (χ0v) is 7.10. The molecular weight excluding hydrogens is 134 g/mol. The summed E-state index contributed by atoms with van der Waals surface area (Å²) in [5.74, 6) is 0. The van der Waals surface area contributed by atoms with Gasteiger partial charge in [0.15, 0.2) is 0 Å². The van der Waals surface area contributed by atoms with Crippen molar-refractivity contribution in [1.82, 2.24) is 0 Å². The fourth-order valence-corrected chi connectivity index (χ4v) is 2.19. The fourth-order valence-electron chi connectivity index (χ4n) is 2.19. The summed E-state index contributed by atoms with van der Waals surface area (Å²) >= 11 is 0. The molecule has 2 aliphatic carbocycles. The van der Waals surface area contributed by atoms with E-state index in [1.165, 1.54) is 44.9 Å². The van der Waals surface area contributed by atoms with Crippen LogP contribution in [0.15, 0.2) is 11.1 Å². The van der Waals surface area contributed by atoms with E-state index >= 15 is 0 Å². The van der Waals surface area contributed by atoms with Crippen molar-refractivity contribution in [2.75, 3.05) is 0 Å². The molecule has 0 unspecified atom stereocenters. The van der Waals surface area contributed by atoms with Crippen LogP contribution >= 0.6 is 0 Å². The van der Waals surface area contributed by atoms with E-state index in [1.54, 1.807) is 11.1 Å². The molecule has 1 nitrogen and oxygen atoms in total.